The molecule has 0 spiro atoms. The Balaban J connectivity index is 2.23. The van der Waals surface area contributed by atoms with E-state index in [0.29, 0.717) is 28.7 Å². The number of hydrogen-bond donors (Lipinski definition) is 1. The maximum absolute atomic E-state index is 9.36. The van der Waals surface area contributed by atoms with Crippen molar-refractivity contribution in [3.05, 3.63) is 38.8 Å². The van der Waals surface area contributed by atoms with E-state index in [9.17, 15) is 5.11 Å². The zero-order valence-electron chi connectivity index (χ0n) is 10.6. The van der Waals surface area contributed by atoms with Gasteiger partial charge in [-0.15, -0.1) is 11.3 Å². The molecule has 6 heteroatoms. The molecule has 0 saturated heterocycles. The zero-order valence-corrected chi connectivity index (χ0v) is 12.2. The molecule has 0 amide bonds. The molecular weight excluding hydrogens is 286 g/mol. The van der Waals surface area contributed by atoms with E-state index in [4.69, 9.17) is 21.1 Å². The molecule has 0 bridgehead atoms. The van der Waals surface area contributed by atoms with Crippen LogP contribution in [0.1, 0.15) is 16.3 Å². The SMILES string of the molecule is COc1cc(Cl)cc(CO)c1OCc1nc(C)cs1. The number of aliphatic hydroxyl groups excluding tert-OH is 1. The summed E-state index contributed by atoms with van der Waals surface area (Å²) < 4.78 is 10.9. The largest absolute Gasteiger partial charge is 0.493 e. The second kappa shape index (κ2) is 6.23. The first kappa shape index (κ1) is 14.1. The fourth-order valence-electron chi connectivity index (χ4n) is 1.66. The van der Waals surface area contributed by atoms with Crippen molar-refractivity contribution in [2.75, 3.05) is 7.11 Å². The Labute approximate surface area is 120 Å². The molecule has 0 unspecified atom stereocenters. The van der Waals surface area contributed by atoms with Crippen molar-refractivity contribution in [1.29, 1.82) is 0 Å². The summed E-state index contributed by atoms with van der Waals surface area (Å²) in [6, 6.07) is 3.32. The van der Waals surface area contributed by atoms with Gasteiger partial charge in [0.05, 0.1) is 13.7 Å². The Morgan fingerprint density at radius 3 is 2.79 bits per heavy atom. The van der Waals surface area contributed by atoms with Crippen LogP contribution in [0.5, 0.6) is 11.5 Å². The highest BCUT2D eigenvalue weighted by molar-refractivity contribution is 7.09. The third-order valence-electron chi connectivity index (χ3n) is 2.49. The minimum atomic E-state index is -0.164. The topological polar surface area (TPSA) is 51.6 Å². The van der Waals surface area contributed by atoms with E-state index >= 15 is 0 Å². The van der Waals surface area contributed by atoms with E-state index in [2.05, 4.69) is 4.98 Å². The molecule has 0 aliphatic carbocycles. The highest BCUT2D eigenvalue weighted by Gasteiger charge is 2.13. The molecule has 0 fully saturated rings. The maximum atomic E-state index is 9.36. The maximum Gasteiger partial charge on any atom is 0.167 e. The van der Waals surface area contributed by atoms with Gasteiger partial charge in [0.25, 0.3) is 0 Å². The normalized spacial score (nSPS) is 10.5. The van der Waals surface area contributed by atoms with E-state index in [1.54, 1.807) is 12.1 Å². The van der Waals surface area contributed by atoms with E-state index in [1.165, 1.54) is 18.4 Å². The van der Waals surface area contributed by atoms with Crippen molar-refractivity contribution in [3.63, 3.8) is 0 Å². The number of thiazole rings is 1. The van der Waals surface area contributed by atoms with Gasteiger partial charge in [-0.1, -0.05) is 11.6 Å². The van der Waals surface area contributed by atoms with Crippen LogP contribution in [0.4, 0.5) is 0 Å². The molecule has 0 aliphatic heterocycles. The first-order valence-corrected chi connectivity index (χ1v) is 6.91. The van der Waals surface area contributed by atoms with Crippen LogP contribution in [0.2, 0.25) is 5.02 Å². The first-order chi connectivity index (χ1) is 9.13. The van der Waals surface area contributed by atoms with Gasteiger partial charge in [0.1, 0.15) is 11.6 Å². The second-order valence-corrected chi connectivity index (χ2v) is 5.30. The Kier molecular flexibility index (Phi) is 4.63. The summed E-state index contributed by atoms with van der Waals surface area (Å²) in [7, 11) is 1.53. The van der Waals surface area contributed by atoms with Gasteiger partial charge in [-0.05, 0) is 13.0 Å². The van der Waals surface area contributed by atoms with Gasteiger partial charge in [-0.3, -0.25) is 0 Å². The van der Waals surface area contributed by atoms with Gasteiger partial charge in [-0.2, -0.15) is 0 Å². The van der Waals surface area contributed by atoms with Crippen LogP contribution in [-0.4, -0.2) is 17.2 Å². The zero-order chi connectivity index (χ0) is 13.8. The Morgan fingerprint density at radius 2 is 2.21 bits per heavy atom. The van der Waals surface area contributed by atoms with Crippen molar-refractivity contribution in [2.45, 2.75) is 20.1 Å². The standard InChI is InChI=1S/C13H14ClNO3S/c1-8-7-19-12(15-8)6-18-13-9(5-16)3-10(14)4-11(13)17-2/h3-4,7,16H,5-6H2,1-2H3. The average molecular weight is 300 g/mol. The lowest BCUT2D eigenvalue weighted by molar-refractivity contribution is 0.249. The van der Waals surface area contributed by atoms with Crippen LogP contribution < -0.4 is 9.47 Å². The molecule has 102 valence electrons. The number of aryl methyl sites for hydroxylation is 1. The number of methoxy groups -OCH3 is 1. The summed E-state index contributed by atoms with van der Waals surface area (Å²) in [5.74, 6) is 1.01. The van der Waals surface area contributed by atoms with Crippen molar-refractivity contribution in [3.8, 4) is 11.5 Å². The van der Waals surface area contributed by atoms with Gasteiger partial charge in [0, 0.05) is 27.7 Å². The van der Waals surface area contributed by atoms with Gasteiger partial charge < -0.3 is 14.6 Å². The number of aromatic nitrogens is 1. The van der Waals surface area contributed by atoms with Crippen LogP contribution in [0, 0.1) is 6.92 Å². The smallest absolute Gasteiger partial charge is 0.167 e. The lowest BCUT2D eigenvalue weighted by Gasteiger charge is -2.13. The molecule has 0 saturated carbocycles. The molecule has 1 aromatic heterocycles. The molecule has 1 N–H and O–H groups in total. The lowest BCUT2D eigenvalue weighted by atomic mass is 10.2. The van der Waals surface area contributed by atoms with Crippen molar-refractivity contribution >= 4 is 22.9 Å². The summed E-state index contributed by atoms with van der Waals surface area (Å²) in [5, 5.41) is 12.7. The Morgan fingerprint density at radius 1 is 1.42 bits per heavy atom. The predicted molar refractivity (Wildman–Crippen MR) is 75.1 cm³/mol. The Hall–Kier alpha value is -1.30. The fourth-order valence-corrected chi connectivity index (χ4v) is 2.57. The third kappa shape index (κ3) is 3.37. The lowest BCUT2D eigenvalue weighted by Crippen LogP contribution is -2.01. The third-order valence-corrected chi connectivity index (χ3v) is 3.65. The molecule has 19 heavy (non-hydrogen) atoms. The molecule has 4 nitrogen and oxygen atoms in total. The van der Waals surface area contributed by atoms with E-state index in [-0.39, 0.29) is 6.61 Å². The number of ether oxygens (including phenoxy) is 2. The first-order valence-electron chi connectivity index (χ1n) is 5.65. The minimum absolute atomic E-state index is 0.164. The number of aliphatic hydroxyl groups is 1. The fraction of sp³-hybridized carbons (Fsp3) is 0.308. The number of halogens is 1. The monoisotopic (exact) mass is 299 g/mol. The van der Waals surface area contributed by atoms with Gasteiger partial charge >= 0.3 is 0 Å². The van der Waals surface area contributed by atoms with Crippen molar-refractivity contribution < 1.29 is 14.6 Å². The molecular formula is C13H14ClNO3S. The molecule has 2 aromatic rings. The highest BCUT2D eigenvalue weighted by Crippen LogP contribution is 2.35. The van der Waals surface area contributed by atoms with Crippen molar-refractivity contribution in [1.82, 2.24) is 4.98 Å². The van der Waals surface area contributed by atoms with Crippen LogP contribution in [0.3, 0.4) is 0 Å². The molecule has 1 aromatic carbocycles. The second-order valence-electron chi connectivity index (χ2n) is 3.93. The predicted octanol–water partition coefficient (Wildman–Crippen LogP) is 3.18. The molecule has 2 rings (SSSR count). The summed E-state index contributed by atoms with van der Waals surface area (Å²) in [6.07, 6.45) is 0. The molecule has 1 heterocycles. The van der Waals surface area contributed by atoms with Crippen LogP contribution in [0.25, 0.3) is 0 Å². The number of nitrogens with zero attached hydrogens (tertiary/aromatic N) is 1. The number of rotatable bonds is 5. The summed E-state index contributed by atoms with van der Waals surface area (Å²) in [5.41, 5.74) is 1.56. The highest BCUT2D eigenvalue weighted by atomic mass is 35.5. The molecule has 0 atom stereocenters. The van der Waals surface area contributed by atoms with Crippen LogP contribution in [-0.2, 0) is 13.2 Å². The molecule has 0 aliphatic rings. The quantitative estimate of drug-likeness (QED) is 0.921. The Bertz CT molecular complexity index is 546. The van der Waals surface area contributed by atoms with Gasteiger partial charge in [0.2, 0.25) is 0 Å². The minimum Gasteiger partial charge on any atom is -0.493 e. The summed E-state index contributed by atoms with van der Waals surface area (Å²) >= 11 is 7.48. The van der Waals surface area contributed by atoms with E-state index < -0.39 is 0 Å². The van der Waals surface area contributed by atoms with Gasteiger partial charge in [0.15, 0.2) is 11.5 Å². The number of benzene rings is 1. The molecule has 0 radical (unpaired) electrons. The number of hydrogen-bond acceptors (Lipinski definition) is 5. The summed E-state index contributed by atoms with van der Waals surface area (Å²) in [4.78, 5) is 4.32. The average Bonchev–Trinajstić information content (AvgIpc) is 2.81. The van der Waals surface area contributed by atoms with E-state index in [0.717, 1.165) is 10.7 Å². The van der Waals surface area contributed by atoms with Crippen LogP contribution in [0.15, 0.2) is 17.5 Å². The summed E-state index contributed by atoms with van der Waals surface area (Å²) in [6.45, 7) is 2.11. The van der Waals surface area contributed by atoms with Crippen molar-refractivity contribution in [2.24, 2.45) is 0 Å². The van der Waals surface area contributed by atoms with Crippen LogP contribution >= 0.6 is 22.9 Å². The van der Waals surface area contributed by atoms with Gasteiger partial charge in [-0.25, -0.2) is 4.98 Å². The van der Waals surface area contributed by atoms with E-state index in [1.807, 2.05) is 12.3 Å².